The summed E-state index contributed by atoms with van der Waals surface area (Å²) < 4.78 is 7.45. The van der Waals surface area contributed by atoms with Gasteiger partial charge in [0, 0.05) is 21.9 Å². The monoisotopic (exact) mass is 442 g/mol. The number of rotatable bonds is 7. The highest BCUT2D eigenvalue weighted by Gasteiger charge is 2.23. The number of hydrogen-bond donors (Lipinski definition) is 1. The Morgan fingerprint density at radius 3 is 2.87 bits per heavy atom. The molecule has 0 atom stereocenters. The van der Waals surface area contributed by atoms with Crippen LogP contribution in [0, 0.1) is 0 Å². The van der Waals surface area contributed by atoms with Gasteiger partial charge in [-0.3, -0.25) is 9.36 Å². The van der Waals surface area contributed by atoms with Crippen LogP contribution < -0.4 is 10.1 Å². The predicted octanol–water partition coefficient (Wildman–Crippen LogP) is 5.21. The first-order chi connectivity index (χ1) is 14.6. The van der Waals surface area contributed by atoms with E-state index < -0.39 is 0 Å². The van der Waals surface area contributed by atoms with Gasteiger partial charge >= 0.3 is 0 Å². The van der Waals surface area contributed by atoms with Gasteiger partial charge in [-0.1, -0.05) is 23.9 Å². The summed E-state index contributed by atoms with van der Waals surface area (Å²) in [6.45, 7) is 4.26. The number of carbonyl (C=O) groups excluding carboxylic acids is 1. The molecule has 0 radical (unpaired) electrons. The number of benzene rings is 1. The molecule has 0 spiro atoms. The number of nitrogens with one attached hydrogen (secondary N) is 1. The molecule has 158 valence electrons. The second-order valence-corrected chi connectivity index (χ2v) is 9.47. The van der Waals surface area contributed by atoms with Crippen molar-refractivity contribution in [3.05, 3.63) is 40.1 Å². The van der Waals surface area contributed by atoms with E-state index in [0.29, 0.717) is 11.4 Å². The summed E-state index contributed by atoms with van der Waals surface area (Å²) in [4.78, 5) is 14.0. The lowest BCUT2D eigenvalue weighted by Crippen LogP contribution is -2.15. The molecule has 0 aliphatic heterocycles. The van der Waals surface area contributed by atoms with Gasteiger partial charge in [0.25, 0.3) is 0 Å². The fourth-order valence-corrected chi connectivity index (χ4v) is 5.76. The highest BCUT2D eigenvalue weighted by Crippen LogP contribution is 2.38. The Kier molecular flexibility index (Phi) is 6.43. The fourth-order valence-electron chi connectivity index (χ4n) is 3.77. The van der Waals surface area contributed by atoms with Gasteiger partial charge in [-0.05, 0) is 57.2 Å². The van der Waals surface area contributed by atoms with E-state index in [1.807, 2.05) is 35.6 Å². The van der Waals surface area contributed by atoms with Gasteiger partial charge in [0.1, 0.15) is 5.75 Å². The van der Waals surface area contributed by atoms with Gasteiger partial charge in [-0.25, -0.2) is 0 Å². The molecule has 0 fully saturated rings. The van der Waals surface area contributed by atoms with Gasteiger partial charge in [0.05, 0.1) is 18.6 Å². The molecule has 0 unspecified atom stereocenters. The third kappa shape index (κ3) is 4.25. The van der Waals surface area contributed by atoms with Gasteiger partial charge in [0.15, 0.2) is 11.0 Å². The number of methoxy groups -OCH3 is 1. The number of thioether (sulfide) groups is 1. The van der Waals surface area contributed by atoms with Gasteiger partial charge in [-0.15, -0.1) is 21.5 Å². The number of hydrogen-bond acceptors (Lipinski definition) is 6. The number of fused-ring (bicyclic) bond motifs is 1. The number of carbonyl (C=O) groups is 1. The van der Waals surface area contributed by atoms with Crippen LogP contribution in [0.1, 0.15) is 43.2 Å². The van der Waals surface area contributed by atoms with Crippen LogP contribution in [-0.2, 0) is 17.6 Å². The van der Waals surface area contributed by atoms with Crippen LogP contribution in [0.3, 0.4) is 0 Å². The Bertz CT molecular complexity index is 1040. The Hall–Kier alpha value is -2.32. The van der Waals surface area contributed by atoms with Gasteiger partial charge < -0.3 is 10.1 Å². The molecule has 30 heavy (non-hydrogen) atoms. The van der Waals surface area contributed by atoms with Crippen molar-refractivity contribution in [2.24, 2.45) is 0 Å². The van der Waals surface area contributed by atoms with E-state index in [-0.39, 0.29) is 17.7 Å². The average Bonchev–Trinajstić information content (AvgIpc) is 3.36. The Morgan fingerprint density at radius 1 is 1.27 bits per heavy atom. The second kappa shape index (κ2) is 9.22. The lowest BCUT2D eigenvalue weighted by Gasteiger charge is -2.16. The summed E-state index contributed by atoms with van der Waals surface area (Å²) in [6, 6.07) is 7.60. The van der Waals surface area contributed by atoms with Crippen LogP contribution in [0.25, 0.3) is 11.4 Å². The largest absolute Gasteiger partial charge is 0.495 e. The summed E-state index contributed by atoms with van der Waals surface area (Å²) in [5.74, 6) is 1.71. The lowest BCUT2D eigenvalue weighted by atomic mass is 9.95. The zero-order valence-corrected chi connectivity index (χ0v) is 19.1. The van der Waals surface area contributed by atoms with Crippen molar-refractivity contribution in [3.8, 4) is 17.1 Å². The van der Waals surface area contributed by atoms with Crippen LogP contribution in [0.5, 0.6) is 5.75 Å². The maximum Gasteiger partial charge on any atom is 0.234 e. The van der Waals surface area contributed by atoms with Crippen molar-refractivity contribution in [1.82, 2.24) is 14.8 Å². The van der Waals surface area contributed by atoms with Crippen molar-refractivity contribution in [1.29, 1.82) is 0 Å². The minimum atomic E-state index is -0.0998. The summed E-state index contributed by atoms with van der Waals surface area (Å²) in [5, 5.41) is 14.9. The maximum atomic E-state index is 12.5. The van der Waals surface area contributed by atoms with Crippen molar-refractivity contribution in [3.63, 3.8) is 0 Å². The second-order valence-electron chi connectivity index (χ2n) is 7.57. The zero-order chi connectivity index (χ0) is 21.1. The van der Waals surface area contributed by atoms with Crippen LogP contribution >= 0.6 is 23.1 Å². The average molecular weight is 443 g/mol. The van der Waals surface area contributed by atoms with Crippen molar-refractivity contribution < 1.29 is 9.53 Å². The van der Waals surface area contributed by atoms with E-state index in [2.05, 4.69) is 39.3 Å². The summed E-state index contributed by atoms with van der Waals surface area (Å²) in [7, 11) is 1.59. The topological polar surface area (TPSA) is 69.0 Å². The number of ether oxygens (including phenoxy) is 1. The van der Waals surface area contributed by atoms with Crippen molar-refractivity contribution in [2.45, 2.75) is 50.7 Å². The first kappa shape index (κ1) is 20.9. The first-order valence-electron chi connectivity index (χ1n) is 10.2. The number of aromatic nitrogens is 3. The number of nitrogens with zero attached hydrogens (tertiary/aromatic N) is 3. The standard InChI is InChI=1S/C22H26N4O2S2/c1-14(2)26-21(16-12-29-19-11-7-4-8-15(16)19)24-25-22(26)30-13-20(27)23-17-9-5-6-10-18(17)28-3/h5-6,9-10,12,14H,4,7-8,11,13H2,1-3H3,(H,23,27). The van der Waals surface area contributed by atoms with Crippen LogP contribution in [0.15, 0.2) is 34.8 Å². The highest BCUT2D eigenvalue weighted by atomic mass is 32.2. The molecular weight excluding hydrogens is 416 g/mol. The molecule has 8 heteroatoms. The zero-order valence-electron chi connectivity index (χ0n) is 17.5. The number of aryl methyl sites for hydroxylation is 1. The van der Waals surface area contributed by atoms with Gasteiger partial charge in [-0.2, -0.15) is 0 Å². The van der Waals surface area contributed by atoms with Gasteiger partial charge in [0.2, 0.25) is 5.91 Å². The molecule has 2 aromatic heterocycles. The van der Waals surface area contributed by atoms with E-state index in [0.717, 1.165) is 17.4 Å². The lowest BCUT2D eigenvalue weighted by molar-refractivity contribution is -0.113. The molecule has 1 aliphatic rings. The quantitative estimate of drug-likeness (QED) is 0.509. The Morgan fingerprint density at radius 2 is 2.07 bits per heavy atom. The number of amides is 1. The molecule has 0 saturated carbocycles. The Balaban J connectivity index is 1.51. The van der Waals surface area contributed by atoms with E-state index in [9.17, 15) is 4.79 Å². The molecular formula is C22H26N4O2S2. The first-order valence-corrected chi connectivity index (χ1v) is 12.0. The van der Waals surface area contributed by atoms with E-state index in [1.54, 1.807) is 7.11 Å². The maximum absolute atomic E-state index is 12.5. The summed E-state index contributed by atoms with van der Waals surface area (Å²) in [6.07, 6.45) is 4.78. The third-order valence-corrected chi connectivity index (χ3v) is 7.23. The molecule has 0 bridgehead atoms. The van der Waals surface area contributed by atoms with Crippen molar-refractivity contribution in [2.75, 3.05) is 18.2 Å². The van der Waals surface area contributed by atoms with Crippen molar-refractivity contribution >= 4 is 34.7 Å². The molecule has 2 heterocycles. The summed E-state index contributed by atoms with van der Waals surface area (Å²) in [5.41, 5.74) is 3.31. The summed E-state index contributed by atoms with van der Waals surface area (Å²) >= 11 is 3.25. The number of para-hydroxylation sites is 2. The molecule has 1 N–H and O–H groups in total. The van der Waals surface area contributed by atoms with Crippen LogP contribution in [0.2, 0.25) is 0 Å². The highest BCUT2D eigenvalue weighted by molar-refractivity contribution is 7.99. The van der Waals surface area contributed by atoms with E-state index in [1.165, 1.54) is 47.0 Å². The van der Waals surface area contributed by atoms with E-state index >= 15 is 0 Å². The van der Waals surface area contributed by atoms with Crippen LogP contribution in [-0.4, -0.2) is 33.5 Å². The molecule has 4 rings (SSSR count). The predicted molar refractivity (Wildman–Crippen MR) is 123 cm³/mol. The van der Waals surface area contributed by atoms with E-state index in [4.69, 9.17) is 4.74 Å². The normalized spacial score (nSPS) is 13.3. The minimum Gasteiger partial charge on any atom is -0.495 e. The number of thiophene rings is 1. The molecule has 1 aliphatic carbocycles. The third-order valence-electron chi connectivity index (χ3n) is 5.20. The molecule has 3 aromatic rings. The molecule has 0 saturated heterocycles. The molecule has 1 amide bonds. The SMILES string of the molecule is COc1ccccc1NC(=O)CSc1nnc(-c2csc3c2CCCC3)n1C(C)C. The molecule has 1 aromatic carbocycles. The molecule has 6 nitrogen and oxygen atoms in total. The Labute approximate surface area is 185 Å². The fraction of sp³-hybridized carbons (Fsp3) is 0.409. The minimum absolute atomic E-state index is 0.0998. The number of anilines is 1. The van der Waals surface area contributed by atoms with Crippen LogP contribution in [0.4, 0.5) is 5.69 Å². The smallest absolute Gasteiger partial charge is 0.234 e.